The Morgan fingerprint density at radius 3 is 2.44 bits per heavy atom. The average molecular weight is 237 g/mol. The van der Waals surface area contributed by atoms with Crippen LogP contribution < -0.4 is 0 Å². The lowest BCUT2D eigenvalue weighted by Gasteiger charge is -2.27. The van der Waals surface area contributed by atoms with Gasteiger partial charge in [0.05, 0.1) is 0 Å². The van der Waals surface area contributed by atoms with Gasteiger partial charge in [0, 0.05) is 36.0 Å². The minimum Gasteiger partial charge on any atom is -0.247 e. The fourth-order valence-corrected chi connectivity index (χ4v) is 2.80. The first kappa shape index (κ1) is 6.40. The van der Waals surface area contributed by atoms with Crippen LogP contribution >= 0.6 is 22.9 Å². The molecule has 0 bridgehead atoms. The highest BCUT2D eigenvalue weighted by Crippen LogP contribution is 2.52. The van der Waals surface area contributed by atoms with E-state index < -0.39 is 0 Å². The van der Waals surface area contributed by atoms with E-state index in [9.17, 15) is 0 Å². The molecule has 0 amide bonds. The third-order valence-electron chi connectivity index (χ3n) is 2.57. The van der Waals surface area contributed by atoms with Crippen LogP contribution in [0.5, 0.6) is 0 Å². The van der Waals surface area contributed by atoms with Gasteiger partial charge in [-0.3, -0.25) is 0 Å². The first-order valence-corrected chi connectivity index (χ1v) is 4.68. The summed E-state index contributed by atoms with van der Waals surface area (Å²) in [6.07, 6.45) is 5.95. The number of rotatable bonds is 0. The predicted octanol–water partition coefficient (Wildman–Crippen LogP) is 2.21. The first-order valence-electron chi connectivity index (χ1n) is 3.72. The van der Waals surface area contributed by atoms with Gasteiger partial charge in [0.1, 0.15) is 0 Å². The molecule has 0 aromatic heterocycles. The van der Waals surface area contributed by atoms with Crippen molar-refractivity contribution in [2.75, 3.05) is 13.1 Å². The zero-order chi connectivity index (χ0) is 6.32. The lowest BCUT2D eigenvalue weighted by Crippen LogP contribution is -2.28. The molecule has 1 aliphatic heterocycles. The van der Waals surface area contributed by atoms with E-state index in [1.54, 1.807) is 0 Å². The van der Waals surface area contributed by atoms with Crippen LogP contribution in [0.1, 0.15) is 25.7 Å². The van der Waals surface area contributed by atoms with Crippen LogP contribution in [0.3, 0.4) is 0 Å². The van der Waals surface area contributed by atoms with Crippen molar-refractivity contribution in [2.45, 2.75) is 25.7 Å². The molecule has 2 fully saturated rings. The molecule has 1 heterocycles. The molecule has 9 heavy (non-hydrogen) atoms. The van der Waals surface area contributed by atoms with Crippen molar-refractivity contribution in [3.63, 3.8) is 0 Å². The van der Waals surface area contributed by atoms with Crippen LogP contribution in [0.25, 0.3) is 0 Å². The van der Waals surface area contributed by atoms with E-state index in [0.29, 0.717) is 0 Å². The van der Waals surface area contributed by atoms with Gasteiger partial charge >= 0.3 is 0 Å². The Balaban J connectivity index is 1.96. The molecule has 1 saturated heterocycles. The summed E-state index contributed by atoms with van der Waals surface area (Å²) in [5.41, 5.74) is 0.819. The molecule has 0 atom stereocenters. The molecular weight excluding hydrogens is 225 g/mol. The third kappa shape index (κ3) is 1.24. The Morgan fingerprint density at radius 2 is 2.00 bits per heavy atom. The van der Waals surface area contributed by atoms with E-state index in [1.807, 2.05) is 0 Å². The summed E-state index contributed by atoms with van der Waals surface area (Å²) in [5.74, 6) is 0. The molecule has 1 aliphatic carbocycles. The second-order valence-corrected chi connectivity index (χ2v) is 4.81. The molecule has 0 aromatic carbocycles. The minimum absolute atomic E-state index is 0.819. The standard InChI is InChI=1S/C7H12IN/c8-9-5-1-2-7(6-9)3-4-7/h1-6H2. The fraction of sp³-hybridized carbons (Fsp3) is 1.00. The normalized spacial score (nSPS) is 33.0. The maximum atomic E-state index is 2.46. The molecule has 0 aromatic rings. The van der Waals surface area contributed by atoms with Crippen molar-refractivity contribution in [3.8, 4) is 0 Å². The van der Waals surface area contributed by atoms with Crippen LogP contribution in [0, 0.1) is 5.41 Å². The van der Waals surface area contributed by atoms with Gasteiger partial charge in [-0.05, 0) is 31.1 Å². The largest absolute Gasteiger partial charge is 0.247 e. The van der Waals surface area contributed by atoms with Crippen molar-refractivity contribution in [3.05, 3.63) is 0 Å². The highest BCUT2D eigenvalue weighted by atomic mass is 127. The topological polar surface area (TPSA) is 3.24 Å². The van der Waals surface area contributed by atoms with Crippen molar-refractivity contribution in [2.24, 2.45) is 5.41 Å². The predicted molar refractivity (Wildman–Crippen MR) is 46.5 cm³/mol. The SMILES string of the molecule is IN1CCCC2(CC2)C1. The van der Waals surface area contributed by atoms with Gasteiger partial charge in [0.25, 0.3) is 0 Å². The summed E-state index contributed by atoms with van der Waals surface area (Å²) < 4.78 is 2.45. The van der Waals surface area contributed by atoms with E-state index in [1.165, 1.54) is 38.8 Å². The second-order valence-electron chi connectivity index (χ2n) is 3.45. The van der Waals surface area contributed by atoms with E-state index in [-0.39, 0.29) is 0 Å². The molecule has 0 unspecified atom stereocenters. The lowest BCUT2D eigenvalue weighted by molar-refractivity contribution is 0.284. The van der Waals surface area contributed by atoms with Gasteiger partial charge in [0.15, 0.2) is 0 Å². The Bertz CT molecular complexity index is 120. The summed E-state index contributed by atoms with van der Waals surface area (Å²) in [5, 5.41) is 0. The van der Waals surface area contributed by atoms with Crippen molar-refractivity contribution >= 4 is 22.9 Å². The molecule has 2 heteroatoms. The molecule has 2 aliphatic rings. The minimum atomic E-state index is 0.819. The monoisotopic (exact) mass is 237 g/mol. The van der Waals surface area contributed by atoms with E-state index >= 15 is 0 Å². The van der Waals surface area contributed by atoms with Crippen molar-refractivity contribution < 1.29 is 0 Å². The molecule has 52 valence electrons. The summed E-state index contributed by atoms with van der Waals surface area (Å²) in [6, 6.07) is 0. The summed E-state index contributed by atoms with van der Waals surface area (Å²) in [7, 11) is 0. The Kier molecular flexibility index (Phi) is 1.49. The maximum absolute atomic E-state index is 2.46. The molecule has 1 saturated carbocycles. The highest BCUT2D eigenvalue weighted by molar-refractivity contribution is 14.1. The Morgan fingerprint density at radius 1 is 1.22 bits per heavy atom. The smallest absolute Gasteiger partial charge is 0.0201 e. The number of halogens is 1. The van der Waals surface area contributed by atoms with Gasteiger partial charge in [-0.15, -0.1) is 0 Å². The summed E-state index contributed by atoms with van der Waals surface area (Å²) in [4.78, 5) is 0. The van der Waals surface area contributed by atoms with E-state index in [2.05, 4.69) is 26.0 Å². The van der Waals surface area contributed by atoms with Gasteiger partial charge in [0.2, 0.25) is 0 Å². The van der Waals surface area contributed by atoms with Crippen LogP contribution in [0.4, 0.5) is 0 Å². The summed E-state index contributed by atoms with van der Waals surface area (Å²) in [6.45, 7) is 2.69. The number of hydrogen-bond acceptors (Lipinski definition) is 1. The number of piperidine rings is 1. The molecule has 0 radical (unpaired) electrons. The average Bonchev–Trinajstić information content (AvgIpc) is 2.49. The zero-order valence-corrected chi connectivity index (χ0v) is 7.73. The Labute approximate surface area is 70.3 Å². The van der Waals surface area contributed by atoms with Crippen molar-refractivity contribution in [1.29, 1.82) is 0 Å². The number of nitrogens with zero attached hydrogens (tertiary/aromatic N) is 1. The quantitative estimate of drug-likeness (QED) is 0.461. The molecule has 0 N–H and O–H groups in total. The van der Waals surface area contributed by atoms with Crippen LogP contribution in [0.2, 0.25) is 0 Å². The maximum Gasteiger partial charge on any atom is 0.0201 e. The zero-order valence-electron chi connectivity index (χ0n) is 5.57. The van der Waals surface area contributed by atoms with Crippen molar-refractivity contribution in [1.82, 2.24) is 3.11 Å². The van der Waals surface area contributed by atoms with E-state index in [0.717, 1.165) is 5.41 Å². The molecule has 1 nitrogen and oxygen atoms in total. The first-order chi connectivity index (χ1) is 4.31. The van der Waals surface area contributed by atoms with Gasteiger partial charge in [-0.2, -0.15) is 0 Å². The molecule has 2 rings (SSSR count). The third-order valence-corrected chi connectivity index (χ3v) is 3.40. The summed E-state index contributed by atoms with van der Waals surface area (Å²) >= 11 is 2.46. The van der Waals surface area contributed by atoms with E-state index in [4.69, 9.17) is 0 Å². The Hall–Kier alpha value is 0.690. The highest BCUT2D eigenvalue weighted by Gasteiger charge is 2.44. The van der Waals surface area contributed by atoms with Gasteiger partial charge < -0.3 is 0 Å². The van der Waals surface area contributed by atoms with Gasteiger partial charge in [-0.25, -0.2) is 3.11 Å². The van der Waals surface area contributed by atoms with Crippen LogP contribution in [-0.4, -0.2) is 16.2 Å². The van der Waals surface area contributed by atoms with Crippen LogP contribution in [0.15, 0.2) is 0 Å². The molecule has 1 spiro atoms. The fourth-order valence-electron chi connectivity index (χ4n) is 1.73. The van der Waals surface area contributed by atoms with Gasteiger partial charge in [-0.1, -0.05) is 0 Å². The second kappa shape index (κ2) is 2.09. The lowest BCUT2D eigenvalue weighted by atomic mass is 9.97. The molecular formula is C7H12IN. The number of hydrogen-bond donors (Lipinski definition) is 0. The van der Waals surface area contributed by atoms with Crippen LogP contribution in [-0.2, 0) is 0 Å².